The van der Waals surface area contributed by atoms with Gasteiger partial charge in [-0.05, 0) is 32.4 Å². The Labute approximate surface area is 101 Å². The number of furan rings is 1. The highest BCUT2D eigenvalue weighted by atomic mass is 32.2. The number of rotatable bonds is 4. The minimum atomic E-state index is 0.446. The summed E-state index contributed by atoms with van der Waals surface area (Å²) in [5.41, 5.74) is 0. The molecule has 1 aromatic heterocycles. The van der Waals surface area contributed by atoms with Crippen LogP contribution in [0.5, 0.6) is 0 Å². The van der Waals surface area contributed by atoms with Gasteiger partial charge in [0.25, 0.3) is 0 Å². The number of amidine groups is 1. The van der Waals surface area contributed by atoms with Gasteiger partial charge in [-0.3, -0.25) is 4.99 Å². The Balaban J connectivity index is 1.72. The van der Waals surface area contributed by atoms with Crippen molar-refractivity contribution in [3.8, 4) is 0 Å². The molecule has 1 aromatic rings. The van der Waals surface area contributed by atoms with E-state index in [0.29, 0.717) is 12.1 Å². The molecule has 1 aliphatic heterocycles. The number of aliphatic imine (C=N–C) groups is 1. The summed E-state index contributed by atoms with van der Waals surface area (Å²) >= 11 is 1.82. The van der Waals surface area contributed by atoms with Gasteiger partial charge in [-0.1, -0.05) is 11.8 Å². The summed E-state index contributed by atoms with van der Waals surface area (Å²) in [7, 11) is 0. The first-order chi connectivity index (χ1) is 7.74. The third kappa shape index (κ3) is 3.30. The van der Waals surface area contributed by atoms with Crippen LogP contribution in [0.1, 0.15) is 26.0 Å². The highest BCUT2D eigenvalue weighted by Crippen LogP contribution is 2.16. The van der Waals surface area contributed by atoms with Gasteiger partial charge < -0.3 is 9.73 Å². The van der Waals surface area contributed by atoms with Crippen molar-refractivity contribution in [2.75, 3.05) is 5.75 Å². The Hall–Kier alpha value is -0.900. The second kappa shape index (κ2) is 5.43. The van der Waals surface area contributed by atoms with Crippen molar-refractivity contribution in [1.82, 2.24) is 5.32 Å². The first-order valence-electron chi connectivity index (χ1n) is 5.73. The van der Waals surface area contributed by atoms with E-state index >= 15 is 0 Å². The van der Waals surface area contributed by atoms with Crippen LogP contribution in [0.4, 0.5) is 0 Å². The number of nitrogens with one attached hydrogen (secondary N) is 1. The minimum absolute atomic E-state index is 0.446. The number of nitrogens with zero attached hydrogens (tertiary/aromatic N) is 1. The number of thioether (sulfide) groups is 1. The van der Waals surface area contributed by atoms with Crippen LogP contribution in [0.25, 0.3) is 0 Å². The lowest BCUT2D eigenvalue weighted by molar-refractivity contribution is 0.483. The molecule has 16 heavy (non-hydrogen) atoms. The fraction of sp³-hybridized carbons (Fsp3) is 0.583. The lowest BCUT2D eigenvalue weighted by Gasteiger charge is -2.13. The fourth-order valence-electron chi connectivity index (χ4n) is 1.65. The maximum Gasteiger partial charge on any atom is 0.157 e. The molecule has 2 rings (SSSR count). The van der Waals surface area contributed by atoms with Crippen LogP contribution in [0.2, 0.25) is 0 Å². The predicted octanol–water partition coefficient (Wildman–Crippen LogP) is 2.68. The molecule has 0 saturated carbocycles. The van der Waals surface area contributed by atoms with Crippen LogP contribution in [0.3, 0.4) is 0 Å². The summed E-state index contributed by atoms with van der Waals surface area (Å²) in [5.74, 6) is 2.16. The molecule has 0 aliphatic carbocycles. The summed E-state index contributed by atoms with van der Waals surface area (Å²) in [4.78, 5) is 4.52. The van der Waals surface area contributed by atoms with Crippen molar-refractivity contribution < 1.29 is 4.42 Å². The van der Waals surface area contributed by atoms with E-state index in [9.17, 15) is 0 Å². The second-order valence-electron chi connectivity index (χ2n) is 4.26. The molecule has 0 bridgehead atoms. The van der Waals surface area contributed by atoms with Crippen molar-refractivity contribution in [3.05, 3.63) is 24.2 Å². The van der Waals surface area contributed by atoms with Crippen molar-refractivity contribution in [3.63, 3.8) is 0 Å². The van der Waals surface area contributed by atoms with Gasteiger partial charge in [-0.15, -0.1) is 0 Å². The molecule has 0 spiro atoms. The molecule has 88 valence electrons. The van der Waals surface area contributed by atoms with Gasteiger partial charge in [-0.2, -0.15) is 0 Å². The molecule has 0 aromatic carbocycles. The molecule has 0 fully saturated rings. The zero-order chi connectivity index (χ0) is 11.4. The SMILES string of the molecule is CC1CSC(NC(C)CCc2ccco2)=N1. The molecule has 4 heteroatoms. The zero-order valence-corrected chi connectivity index (χ0v) is 10.6. The molecule has 0 amide bonds. The van der Waals surface area contributed by atoms with Crippen molar-refractivity contribution >= 4 is 16.9 Å². The van der Waals surface area contributed by atoms with E-state index in [1.54, 1.807) is 6.26 Å². The molecule has 2 atom stereocenters. The van der Waals surface area contributed by atoms with E-state index in [1.165, 1.54) is 0 Å². The summed E-state index contributed by atoms with van der Waals surface area (Å²) in [6.07, 6.45) is 3.78. The highest BCUT2D eigenvalue weighted by Gasteiger charge is 2.15. The average molecular weight is 238 g/mol. The number of hydrogen-bond donors (Lipinski definition) is 1. The molecule has 0 saturated heterocycles. The first kappa shape index (κ1) is 11.6. The molecular weight excluding hydrogens is 220 g/mol. The van der Waals surface area contributed by atoms with Gasteiger partial charge >= 0.3 is 0 Å². The number of aryl methyl sites for hydroxylation is 1. The van der Waals surface area contributed by atoms with E-state index in [4.69, 9.17) is 4.42 Å². The van der Waals surface area contributed by atoms with Crippen LogP contribution in [-0.4, -0.2) is 23.0 Å². The number of hydrogen-bond acceptors (Lipinski definition) is 4. The second-order valence-corrected chi connectivity index (χ2v) is 5.27. The molecule has 1 aliphatic rings. The van der Waals surface area contributed by atoms with Gasteiger partial charge in [0, 0.05) is 18.2 Å². The van der Waals surface area contributed by atoms with E-state index in [-0.39, 0.29) is 0 Å². The predicted molar refractivity (Wildman–Crippen MR) is 69.0 cm³/mol. The van der Waals surface area contributed by atoms with Crippen LogP contribution in [-0.2, 0) is 6.42 Å². The topological polar surface area (TPSA) is 37.5 Å². The quantitative estimate of drug-likeness (QED) is 0.876. The lowest BCUT2D eigenvalue weighted by atomic mass is 10.1. The van der Waals surface area contributed by atoms with Crippen LogP contribution >= 0.6 is 11.8 Å². The molecule has 2 heterocycles. The standard InChI is InChI=1S/C12H18N2OS/c1-9(5-6-11-4-3-7-15-11)13-12-14-10(2)8-16-12/h3-4,7,9-10H,5-6,8H2,1-2H3,(H,13,14). The van der Waals surface area contributed by atoms with Crippen LogP contribution < -0.4 is 5.32 Å². The Morgan fingerprint density at radius 1 is 1.69 bits per heavy atom. The van der Waals surface area contributed by atoms with E-state index in [2.05, 4.69) is 24.2 Å². The smallest absolute Gasteiger partial charge is 0.157 e. The third-order valence-electron chi connectivity index (χ3n) is 2.57. The van der Waals surface area contributed by atoms with Crippen molar-refractivity contribution in [2.24, 2.45) is 4.99 Å². The zero-order valence-electron chi connectivity index (χ0n) is 9.77. The minimum Gasteiger partial charge on any atom is -0.469 e. The van der Waals surface area contributed by atoms with Gasteiger partial charge in [0.2, 0.25) is 0 Å². The van der Waals surface area contributed by atoms with E-state index in [0.717, 1.165) is 29.5 Å². The third-order valence-corrected chi connectivity index (χ3v) is 3.72. The molecule has 1 N–H and O–H groups in total. The highest BCUT2D eigenvalue weighted by molar-refractivity contribution is 8.14. The monoisotopic (exact) mass is 238 g/mol. The van der Waals surface area contributed by atoms with Crippen LogP contribution in [0.15, 0.2) is 27.8 Å². The Morgan fingerprint density at radius 3 is 3.19 bits per heavy atom. The summed E-state index contributed by atoms with van der Waals surface area (Å²) in [6, 6.07) is 4.87. The Bertz CT molecular complexity index is 348. The van der Waals surface area contributed by atoms with Gasteiger partial charge in [-0.25, -0.2) is 0 Å². The average Bonchev–Trinajstić information content (AvgIpc) is 2.87. The fourth-order valence-corrected chi connectivity index (χ4v) is 2.66. The van der Waals surface area contributed by atoms with Gasteiger partial charge in [0.1, 0.15) is 5.76 Å². The molecule has 3 nitrogen and oxygen atoms in total. The van der Waals surface area contributed by atoms with E-state index in [1.807, 2.05) is 23.9 Å². The normalized spacial score (nSPS) is 21.9. The molecule has 2 unspecified atom stereocenters. The van der Waals surface area contributed by atoms with Crippen LogP contribution in [0, 0.1) is 0 Å². The summed E-state index contributed by atoms with van der Waals surface area (Å²) in [5, 5.41) is 4.54. The van der Waals surface area contributed by atoms with E-state index < -0.39 is 0 Å². The van der Waals surface area contributed by atoms with Crippen molar-refractivity contribution in [1.29, 1.82) is 0 Å². The molecular formula is C12H18N2OS. The largest absolute Gasteiger partial charge is 0.469 e. The summed E-state index contributed by atoms with van der Waals surface area (Å²) in [6.45, 7) is 4.34. The maximum absolute atomic E-state index is 5.31. The summed E-state index contributed by atoms with van der Waals surface area (Å²) < 4.78 is 5.31. The maximum atomic E-state index is 5.31. The Morgan fingerprint density at radius 2 is 2.56 bits per heavy atom. The first-order valence-corrected chi connectivity index (χ1v) is 6.72. The van der Waals surface area contributed by atoms with Gasteiger partial charge in [0.05, 0.1) is 12.3 Å². The van der Waals surface area contributed by atoms with Crippen molar-refractivity contribution in [2.45, 2.75) is 38.8 Å². The molecule has 0 radical (unpaired) electrons. The Kier molecular flexibility index (Phi) is 3.93. The lowest BCUT2D eigenvalue weighted by Crippen LogP contribution is -2.30. The van der Waals surface area contributed by atoms with Gasteiger partial charge in [0.15, 0.2) is 5.17 Å².